The minimum absolute atomic E-state index is 0.0766. The summed E-state index contributed by atoms with van der Waals surface area (Å²) in [6.45, 7) is 1.93. The van der Waals surface area contributed by atoms with Crippen LogP contribution in [0.15, 0.2) is 53.0 Å². The summed E-state index contributed by atoms with van der Waals surface area (Å²) in [5.74, 6) is 0.00990. The van der Waals surface area contributed by atoms with E-state index in [1.54, 1.807) is 16.6 Å². The van der Waals surface area contributed by atoms with Gasteiger partial charge in [-0.1, -0.05) is 46.3 Å². The summed E-state index contributed by atoms with van der Waals surface area (Å²) in [5.41, 5.74) is 5.24. The number of halogens is 1. The minimum Gasteiger partial charge on any atom is -0.508 e. The standard InChI is InChI=1S/C22H17BrN4O2/c1-12-20(13-6-8-15(23)9-7-13)22-25-24-21-17(27(22)26-12)10-14(11-19(21)29)16-4-2-3-5-18(16)28/h2-9,14,28H,10-11H2,1H3/t14-/m0/s1. The van der Waals surface area contributed by atoms with Crippen molar-refractivity contribution < 1.29 is 9.90 Å². The van der Waals surface area contributed by atoms with E-state index in [0.29, 0.717) is 24.2 Å². The van der Waals surface area contributed by atoms with E-state index in [9.17, 15) is 9.90 Å². The molecule has 0 aliphatic heterocycles. The number of phenolic OH excluding ortho intramolecular Hbond substituents is 1. The van der Waals surface area contributed by atoms with E-state index in [1.165, 1.54) is 0 Å². The number of phenols is 1. The third kappa shape index (κ3) is 2.93. The number of ketones is 1. The van der Waals surface area contributed by atoms with Crippen molar-refractivity contribution in [2.24, 2.45) is 0 Å². The molecule has 2 heterocycles. The Morgan fingerprint density at radius 1 is 1.07 bits per heavy atom. The van der Waals surface area contributed by atoms with Crippen molar-refractivity contribution in [3.63, 3.8) is 0 Å². The van der Waals surface area contributed by atoms with Crippen LogP contribution in [0.25, 0.3) is 16.8 Å². The fourth-order valence-corrected chi connectivity index (χ4v) is 4.35. The van der Waals surface area contributed by atoms with Crippen LogP contribution in [0.1, 0.15) is 39.8 Å². The summed E-state index contributed by atoms with van der Waals surface area (Å²) >= 11 is 3.46. The Balaban J connectivity index is 1.67. The van der Waals surface area contributed by atoms with Crippen LogP contribution in [0.5, 0.6) is 5.75 Å². The molecule has 0 spiro atoms. The number of carbonyl (C=O) groups is 1. The maximum absolute atomic E-state index is 12.8. The highest BCUT2D eigenvalue weighted by molar-refractivity contribution is 9.10. The number of rotatable bonds is 2. The quantitative estimate of drug-likeness (QED) is 0.488. The topological polar surface area (TPSA) is 80.4 Å². The molecule has 0 bridgehead atoms. The van der Waals surface area contributed by atoms with Crippen molar-refractivity contribution >= 4 is 27.4 Å². The SMILES string of the molecule is Cc1nn2c3c(nnc2c1-c1ccc(Br)cc1)C(=O)C[C@@H](c1ccccc1O)C3. The highest BCUT2D eigenvalue weighted by atomic mass is 79.9. The molecule has 0 amide bonds. The lowest BCUT2D eigenvalue weighted by molar-refractivity contribution is 0.0955. The average Bonchev–Trinajstić information content (AvgIpc) is 3.05. The molecule has 7 heteroatoms. The molecular formula is C22H17BrN4O2. The highest BCUT2D eigenvalue weighted by Gasteiger charge is 2.32. The van der Waals surface area contributed by atoms with Crippen molar-refractivity contribution in [2.45, 2.75) is 25.7 Å². The van der Waals surface area contributed by atoms with E-state index >= 15 is 0 Å². The normalized spacial score (nSPS) is 16.2. The largest absolute Gasteiger partial charge is 0.508 e. The van der Waals surface area contributed by atoms with E-state index in [2.05, 4.69) is 26.1 Å². The Kier molecular flexibility index (Phi) is 4.20. The number of hydrogen-bond acceptors (Lipinski definition) is 5. The Labute approximate surface area is 175 Å². The second-order valence-corrected chi connectivity index (χ2v) is 8.20. The number of benzene rings is 2. The molecule has 0 saturated carbocycles. The van der Waals surface area contributed by atoms with Gasteiger partial charge in [-0.15, -0.1) is 10.2 Å². The predicted octanol–water partition coefficient (Wildman–Crippen LogP) is 4.48. The Hall–Kier alpha value is -3.06. The molecule has 0 radical (unpaired) electrons. The molecule has 5 rings (SSSR count). The van der Waals surface area contributed by atoms with Crippen molar-refractivity contribution in [1.82, 2.24) is 19.8 Å². The van der Waals surface area contributed by atoms with Crippen molar-refractivity contribution in [2.75, 3.05) is 0 Å². The second kappa shape index (κ2) is 6.77. The number of fused-ring (bicyclic) bond motifs is 3. The van der Waals surface area contributed by atoms with E-state index in [0.717, 1.165) is 32.6 Å². The first-order chi connectivity index (χ1) is 14.0. The van der Waals surface area contributed by atoms with Gasteiger partial charge in [0.15, 0.2) is 17.1 Å². The van der Waals surface area contributed by atoms with Crippen LogP contribution < -0.4 is 0 Å². The lowest BCUT2D eigenvalue weighted by Crippen LogP contribution is -2.24. The molecule has 0 unspecified atom stereocenters. The molecule has 1 aliphatic carbocycles. The number of hydrogen-bond donors (Lipinski definition) is 1. The average molecular weight is 449 g/mol. The third-order valence-electron chi connectivity index (χ3n) is 5.45. The summed E-state index contributed by atoms with van der Waals surface area (Å²) in [5, 5.41) is 23.6. The maximum atomic E-state index is 12.8. The van der Waals surface area contributed by atoms with Crippen LogP contribution in [0.2, 0.25) is 0 Å². The van der Waals surface area contributed by atoms with Crippen molar-refractivity contribution in [3.8, 4) is 16.9 Å². The zero-order valence-electron chi connectivity index (χ0n) is 15.6. The monoisotopic (exact) mass is 448 g/mol. The molecule has 2 aromatic carbocycles. The molecule has 1 atom stereocenters. The first kappa shape index (κ1) is 18.0. The van der Waals surface area contributed by atoms with E-state index in [1.807, 2.05) is 43.3 Å². The molecule has 144 valence electrons. The van der Waals surface area contributed by atoms with Gasteiger partial charge in [0.05, 0.1) is 17.0 Å². The van der Waals surface area contributed by atoms with Crippen molar-refractivity contribution in [1.29, 1.82) is 0 Å². The second-order valence-electron chi connectivity index (χ2n) is 7.29. The number of aromatic hydroxyl groups is 1. The van der Waals surface area contributed by atoms with E-state index < -0.39 is 0 Å². The van der Waals surface area contributed by atoms with E-state index in [4.69, 9.17) is 5.10 Å². The molecular weight excluding hydrogens is 432 g/mol. The number of nitrogens with zero attached hydrogens (tertiary/aromatic N) is 4. The van der Waals surface area contributed by atoms with Gasteiger partial charge >= 0.3 is 0 Å². The minimum atomic E-state index is -0.121. The fraction of sp³-hybridized carbons (Fsp3) is 0.182. The van der Waals surface area contributed by atoms with Crippen LogP contribution in [-0.2, 0) is 6.42 Å². The smallest absolute Gasteiger partial charge is 0.185 e. The van der Waals surface area contributed by atoms with Gasteiger partial charge in [-0.25, -0.2) is 4.52 Å². The molecule has 1 N–H and O–H groups in total. The lowest BCUT2D eigenvalue weighted by atomic mass is 9.83. The number of Topliss-reactive ketones (excluding diaryl/α,β-unsaturated/α-hetero) is 1. The predicted molar refractivity (Wildman–Crippen MR) is 112 cm³/mol. The van der Waals surface area contributed by atoms with Crippen LogP contribution in [0, 0.1) is 6.92 Å². The summed E-state index contributed by atoms with van der Waals surface area (Å²) in [6.07, 6.45) is 0.857. The van der Waals surface area contributed by atoms with E-state index in [-0.39, 0.29) is 17.5 Å². The Bertz CT molecular complexity index is 1260. The number of carbonyl (C=O) groups excluding carboxylic acids is 1. The zero-order chi connectivity index (χ0) is 20.1. The zero-order valence-corrected chi connectivity index (χ0v) is 17.2. The summed E-state index contributed by atoms with van der Waals surface area (Å²) in [7, 11) is 0. The molecule has 0 fully saturated rings. The summed E-state index contributed by atoms with van der Waals surface area (Å²) in [4.78, 5) is 12.8. The number of aromatic nitrogens is 4. The first-order valence-corrected chi connectivity index (χ1v) is 10.1. The van der Waals surface area contributed by atoms with Gasteiger partial charge in [0.2, 0.25) is 0 Å². The Morgan fingerprint density at radius 2 is 1.83 bits per heavy atom. The molecule has 1 aliphatic rings. The molecule has 0 saturated heterocycles. The van der Waals surface area contributed by atoms with Gasteiger partial charge in [0, 0.05) is 16.8 Å². The summed E-state index contributed by atoms with van der Waals surface area (Å²) in [6, 6.07) is 15.1. The van der Waals surface area contributed by atoms with Gasteiger partial charge in [-0.3, -0.25) is 4.79 Å². The molecule has 4 aromatic rings. The fourth-order valence-electron chi connectivity index (χ4n) is 4.08. The highest BCUT2D eigenvalue weighted by Crippen LogP contribution is 2.37. The molecule has 29 heavy (non-hydrogen) atoms. The molecule has 2 aromatic heterocycles. The Morgan fingerprint density at radius 3 is 2.59 bits per heavy atom. The van der Waals surface area contributed by atoms with Gasteiger partial charge in [0.1, 0.15) is 5.75 Å². The van der Waals surface area contributed by atoms with Gasteiger partial charge in [0.25, 0.3) is 0 Å². The first-order valence-electron chi connectivity index (χ1n) is 9.35. The van der Waals surface area contributed by atoms with Gasteiger partial charge in [-0.2, -0.15) is 5.10 Å². The van der Waals surface area contributed by atoms with Gasteiger partial charge < -0.3 is 5.11 Å². The number of para-hydroxylation sites is 1. The lowest BCUT2D eigenvalue weighted by Gasteiger charge is -2.23. The van der Waals surface area contributed by atoms with Crippen LogP contribution >= 0.6 is 15.9 Å². The third-order valence-corrected chi connectivity index (χ3v) is 5.98. The summed E-state index contributed by atoms with van der Waals surface area (Å²) < 4.78 is 2.74. The van der Waals surface area contributed by atoms with Crippen LogP contribution in [0.3, 0.4) is 0 Å². The van der Waals surface area contributed by atoms with Crippen LogP contribution in [-0.4, -0.2) is 30.7 Å². The van der Waals surface area contributed by atoms with Crippen molar-refractivity contribution in [3.05, 3.63) is 75.6 Å². The molecule has 6 nitrogen and oxygen atoms in total. The van der Waals surface area contributed by atoms with Crippen LogP contribution in [0.4, 0.5) is 0 Å². The van der Waals surface area contributed by atoms with Gasteiger partial charge in [-0.05, 0) is 42.7 Å². The number of aryl methyl sites for hydroxylation is 1. The maximum Gasteiger partial charge on any atom is 0.185 e.